The highest BCUT2D eigenvalue weighted by atomic mass is 16.2. The molecule has 0 atom stereocenters. The van der Waals surface area contributed by atoms with Crippen LogP contribution in [0.2, 0.25) is 0 Å². The zero-order valence-electron chi connectivity index (χ0n) is 10.0. The highest BCUT2D eigenvalue weighted by Gasteiger charge is 2.16. The number of nitrogens with one attached hydrogen (secondary N) is 1. The van der Waals surface area contributed by atoms with Crippen LogP contribution in [0.4, 0.5) is 0 Å². The first-order chi connectivity index (χ1) is 7.47. The first kappa shape index (κ1) is 14.6. The Balaban J connectivity index is 4.19. The van der Waals surface area contributed by atoms with Gasteiger partial charge in [0.1, 0.15) is 0 Å². The molecule has 0 saturated heterocycles. The number of nitrogens with zero attached hydrogens (tertiary/aromatic N) is 1. The van der Waals surface area contributed by atoms with Crippen molar-refractivity contribution in [2.75, 3.05) is 26.2 Å². The number of carbonyl (C=O) groups is 2. The number of rotatable bonds is 8. The summed E-state index contributed by atoms with van der Waals surface area (Å²) in [6, 6.07) is 0. The highest BCUT2D eigenvalue weighted by Crippen LogP contribution is 1.98. The zero-order chi connectivity index (χ0) is 12.6. The van der Waals surface area contributed by atoms with Gasteiger partial charge in [0.05, 0.1) is 13.1 Å². The lowest BCUT2D eigenvalue weighted by Gasteiger charge is -2.23. The van der Waals surface area contributed by atoms with Gasteiger partial charge in [0.2, 0.25) is 11.8 Å². The van der Waals surface area contributed by atoms with Gasteiger partial charge in [-0.1, -0.05) is 19.9 Å². The van der Waals surface area contributed by atoms with Gasteiger partial charge in [0.15, 0.2) is 0 Å². The van der Waals surface area contributed by atoms with Gasteiger partial charge in [-0.25, -0.2) is 0 Å². The SMILES string of the molecule is C=CCNCC(=O)N(CC(N)=O)CC(C)C. The molecule has 0 saturated carbocycles. The molecule has 5 nitrogen and oxygen atoms in total. The Hall–Kier alpha value is -1.36. The molecule has 0 heterocycles. The number of hydrogen-bond donors (Lipinski definition) is 2. The second kappa shape index (κ2) is 7.87. The van der Waals surface area contributed by atoms with Gasteiger partial charge in [-0.2, -0.15) is 0 Å². The molecule has 0 aliphatic heterocycles. The number of hydrogen-bond acceptors (Lipinski definition) is 3. The minimum atomic E-state index is -0.488. The van der Waals surface area contributed by atoms with E-state index in [2.05, 4.69) is 11.9 Å². The predicted molar refractivity (Wildman–Crippen MR) is 63.7 cm³/mol. The Kier molecular flexibility index (Phi) is 7.20. The summed E-state index contributed by atoms with van der Waals surface area (Å²) in [5.41, 5.74) is 5.09. The Morgan fingerprint density at radius 1 is 1.50 bits per heavy atom. The van der Waals surface area contributed by atoms with E-state index in [1.54, 1.807) is 6.08 Å². The van der Waals surface area contributed by atoms with Gasteiger partial charge in [0.25, 0.3) is 0 Å². The summed E-state index contributed by atoms with van der Waals surface area (Å²) >= 11 is 0. The second-order valence-corrected chi connectivity index (χ2v) is 4.05. The molecule has 0 fully saturated rings. The van der Waals surface area contributed by atoms with Gasteiger partial charge in [-0.3, -0.25) is 9.59 Å². The molecular weight excluding hydrogens is 206 g/mol. The molecule has 0 radical (unpaired) electrons. The van der Waals surface area contributed by atoms with Crippen molar-refractivity contribution in [1.29, 1.82) is 0 Å². The second-order valence-electron chi connectivity index (χ2n) is 4.05. The molecule has 92 valence electrons. The molecule has 0 rings (SSSR count). The molecule has 0 aromatic rings. The summed E-state index contributed by atoms with van der Waals surface area (Å²) in [6.45, 7) is 8.79. The fourth-order valence-electron chi connectivity index (χ4n) is 1.28. The maximum absolute atomic E-state index is 11.7. The minimum Gasteiger partial charge on any atom is -0.368 e. The van der Waals surface area contributed by atoms with Crippen molar-refractivity contribution in [3.05, 3.63) is 12.7 Å². The normalized spacial score (nSPS) is 10.2. The Labute approximate surface area is 96.7 Å². The third-order valence-electron chi connectivity index (χ3n) is 1.85. The van der Waals surface area contributed by atoms with Crippen molar-refractivity contribution in [2.45, 2.75) is 13.8 Å². The van der Waals surface area contributed by atoms with Crippen LogP contribution in [-0.4, -0.2) is 42.9 Å². The quantitative estimate of drug-likeness (QED) is 0.443. The van der Waals surface area contributed by atoms with E-state index in [1.807, 2.05) is 13.8 Å². The molecule has 3 N–H and O–H groups in total. The zero-order valence-corrected chi connectivity index (χ0v) is 10.0. The van der Waals surface area contributed by atoms with Crippen molar-refractivity contribution in [1.82, 2.24) is 10.2 Å². The van der Waals surface area contributed by atoms with Crippen molar-refractivity contribution in [3.8, 4) is 0 Å². The van der Waals surface area contributed by atoms with Gasteiger partial charge >= 0.3 is 0 Å². The lowest BCUT2D eigenvalue weighted by Crippen LogP contribution is -2.44. The van der Waals surface area contributed by atoms with Crippen LogP contribution in [-0.2, 0) is 9.59 Å². The van der Waals surface area contributed by atoms with Gasteiger partial charge < -0.3 is 16.0 Å². The number of primary amides is 1. The monoisotopic (exact) mass is 227 g/mol. The highest BCUT2D eigenvalue weighted by molar-refractivity contribution is 5.84. The van der Waals surface area contributed by atoms with E-state index in [0.29, 0.717) is 19.0 Å². The van der Waals surface area contributed by atoms with Gasteiger partial charge in [-0.15, -0.1) is 6.58 Å². The largest absolute Gasteiger partial charge is 0.368 e. The molecule has 5 heteroatoms. The average molecular weight is 227 g/mol. The summed E-state index contributed by atoms with van der Waals surface area (Å²) in [4.78, 5) is 24.0. The van der Waals surface area contributed by atoms with Crippen LogP contribution in [0.1, 0.15) is 13.8 Å². The molecule has 0 unspecified atom stereocenters. The van der Waals surface area contributed by atoms with E-state index >= 15 is 0 Å². The Morgan fingerprint density at radius 3 is 2.56 bits per heavy atom. The maximum Gasteiger partial charge on any atom is 0.237 e. The molecule has 16 heavy (non-hydrogen) atoms. The first-order valence-corrected chi connectivity index (χ1v) is 5.35. The van der Waals surface area contributed by atoms with E-state index in [1.165, 1.54) is 4.90 Å². The number of nitrogens with two attached hydrogens (primary N) is 1. The average Bonchev–Trinajstić information content (AvgIpc) is 2.15. The van der Waals surface area contributed by atoms with Crippen LogP contribution in [0.5, 0.6) is 0 Å². The maximum atomic E-state index is 11.7. The molecule has 2 amide bonds. The van der Waals surface area contributed by atoms with Gasteiger partial charge in [-0.05, 0) is 5.92 Å². The fraction of sp³-hybridized carbons (Fsp3) is 0.636. The summed E-state index contributed by atoms with van der Waals surface area (Å²) in [5.74, 6) is -0.297. The molecule has 0 bridgehead atoms. The van der Waals surface area contributed by atoms with E-state index in [0.717, 1.165) is 0 Å². The Morgan fingerprint density at radius 2 is 2.12 bits per heavy atom. The van der Waals surface area contributed by atoms with Crippen LogP contribution < -0.4 is 11.1 Å². The van der Waals surface area contributed by atoms with Crippen molar-refractivity contribution in [3.63, 3.8) is 0 Å². The van der Waals surface area contributed by atoms with Gasteiger partial charge in [0, 0.05) is 13.1 Å². The van der Waals surface area contributed by atoms with Crippen LogP contribution in [0.15, 0.2) is 12.7 Å². The molecule has 0 spiro atoms. The third-order valence-corrected chi connectivity index (χ3v) is 1.85. The van der Waals surface area contributed by atoms with E-state index < -0.39 is 5.91 Å². The van der Waals surface area contributed by atoms with E-state index in [9.17, 15) is 9.59 Å². The molecule has 0 aromatic carbocycles. The first-order valence-electron chi connectivity index (χ1n) is 5.35. The topological polar surface area (TPSA) is 75.4 Å². The molecule has 0 aliphatic rings. The lowest BCUT2D eigenvalue weighted by atomic mass is 10.2. The van der Waals surface area contributed by atoms with Crippen LogP contribution in [0.25, 0.3) is 0 Å². The summed E-state index contributed by atoms with van der Waals surface area (Å²) in [5, 5.41) is 2.90. The molecule has 0 aliphatic carbocycles. The van der Waals surface area contributed by atoms with E-state index in [4.69, 9.17) is 5.73 Å². The van der Waals surface area contributed by atoms with E-state index in [-0.39, 0.29) is 19.0 Å². The third kappa shape index (κ3) is 7.00. The van der Waals surface area contributed by atoms with Crippen LogP contribution in [0, 0.1) is 5.92 Å². The molecular formula is C11H21N3O2. The smallest absolute Gasteiger partial charge is 0.237 e. The summed E-state index contributed by atoms with van der Waals surface area (Å²) in [6.07, 6.45) is 1.67. The van der Waals surface area contributed by atoms with Crippen LogP contribution >= 0.6 is 0 Å². The number of amides is 2. The number of carbonyl (C=O) groups excluding carboxylic acids is 2. The van der Waals surface area contributed by atoms with Crippen LogP contribution in [0.3, 0.4) is 0 Å². The summed E-state index contributed by atoms with van der Waals surface area (Å²) in [7, 11) is 0. The molecule has 0 aromatic heterocycles. The van der Waals surface area contributed by atoms with Crippen molar-refractivity contribution < 1.29 is 9.59 Å². The minimum absolute atomic E-state index is 0.0210. The van der Waals surface area contributed by atoms with Crippen molar-refractivity contribution in [2.24, 2.45) is 11.7 Å². The van der Waals surface area contributed by atoms with Crippen molar-refractivity contribution >= 4 is 11.8 Å². The summed E-state index contributed by atoms with van der Waals surface area (Å²) < 4.78 is 0. The standard InChI is InChI=1S/C11H21N3O2/c1-4-5-13-6-11(16)14(7-9(2)3)8-10(12)15/h4,9,13H,1,5-8H2,2-3H3,(H2,12,15). The Bertz CT molecular complexity index is 252. The predicted octanol–water partition coefficient (Wildman–Crippen LogP) is -0.268. The lowest BCUT2D eigenvalue weighted by molar-refractivity contribution is -0.134. The fourth-order valence-corrected chi connectivity index (χ4v) is 1.28.